The van der Waals surface area contributed by atoms with Crippen molar-refractivity contribution in [2.75, 3.05) is 31.1 Å². The predicted octanol–water partition coefficient (Wildman–Crippen LogP) is 3.11. The van der Waals surface area contributed by atoms with Crippen LogP contribution < -0.4 is 4.90 Å². The molecule has 0 aliphatic carbocycles. The summed E-state index contributed by atoms with van der Waals surface area (Å²) in [6, 6.07) is 5.31. The third-order valence-corrected chi connectivity index (χ3v) is 6.74. The van der Waals surface area contributed by atoms with Gasteiger partial charge < -0.3 is 9.42 Å². The molecule has 1 aliphatic heterocycles. The highest BCUT2D eigenvalue weighted by atomic mass is 35.5. The van der Waals surface area contributed by atoms with Gasteiger partial charge in [0.15, 0.2) is 5.76 Å². The molecule has 130 valence electrons. The molecule has 9 heteroatoms. The minimum atomic E-state index is -3.61. The van der Waals surface area contributed by atoms with E-state index < -0.39 is 10.0 Å². The maximum absolute atomic E-state index is 12.8. The SMILES string of the molecule is Cc1noc(C)c1S(=O)(=O)N1CCN(c2ccc(Cl)cc2Cl)CC1. The van der Waals surface area contributed by atoms with Crippen LogP contribution in [0.25, 0.3) is 0 Å². The second-order valence-electron chi connectivity index (χ2n) is 5.64. The fraction of sp³-hybridized carbons (Fsp3) is 0.400. The number of hydrogen-bond donors (Lipinski definition) is 0. The van der Waals surface area contributed by atoms with Gasteiger partial charge in [0.1, 0.15) is 10.6 Å². The van der Waals surface area contributed by atoms with Crippen LogP contribution in [0.3, 0.4) is 0 Å². The Morgan fingerprint density at radius 1 is 1.12 bits per heavy atom. The normalized spacial score (nSPS) is 16.6. The van der Waals surface area contributed by atoms with Gasteiger partial charge in [-0.3, -0.25) is 0 Å². The summed E-state index contributed by atoms with van der Waals surface area (Å²) in [7, 11) is -3.61. The Labute approximate surface area is 151 Å². The molecule has 3 rings (SSSR count). The van der Waals surface area contributed by atoms with Gasteiger partial charge in [-0.25, -0.2) is 8.42 Å². The Bertz CT molecular complexity index is 839. The summed E-state index contributed by atoms with van der Waals surface area (Å²) in [4.78, 5) is 2.22. The number of halogens is 2. The van der Waals surface area contributed by atoms with Crippen molar-refractivity contribution in [3.63, 3.8) is 0 Å². The zero-order chi connectivity index (χ0) is 17.5. The summed E-state index contributed by atoms with van der Waals surface area (Å²) in [6.07, 6.45) is 0. The fourth-order valence-electron chi connectivity index (χ4n) is 2.88. The van der Waals surface area contributed by atoms with E-state index in [1.807, 2.05) is 6.07 Å². The lowest BCUT2D eigenvalue weighted by Gasteiger charge is -2.35. The highest BCUT2D eigenvalue weighted by Crippen LogP contribution is 2.31. The topological polar surface area (TPSA) is 66.7 Å². The number of sulfonamides is 1. The van der Waals surface area contributed by atoms with E-state index in [1.54, 1.807) is 26.0 Å². The smallest absolute Gasteiger partial charge is 0.248 e. The average Bonchev–Trinajstić information content (AvgIpc) is 2.87. The molecular weight excluding hydrogens is 373 g/mol. The molecule has 0 saturated carbocycles. The van der Waals surface area contributed by atoms with Gasteiger partial charge in [-0.2, -0.15) is 4.31 Å². The van der Waals surface area contributed by atoms with Crippen molar-refractivity contribution in [3.8, 4) is 0 Å². The van der Waals surface area contributed by atoms with Crippen molar-refractivity contribution >= 4 is 38.9 Å². The van der Waals surface area contributed by atoms with Crippen LogP contribution >= 0.6 is 23.2 Å². The number of aromatic nitrogens is 1. The Hall–Kier alpha value is -1.28. The molecule has 0 amide bonds. The second-order valence-corrected chi connectivity index (χ2v) is 8.36. The quantitative estimate of drug-likeness (QED) is 0.806. The van der Waals surface area contributed by atoms with Gasteiger partial charge in [0.05, 0.1) is 10.7 Å². The molecule has 0 bridgehead atoms. The second kappa shape index (κ2) is 6.55. The van der Waals surface area contributed by atoms with E-state index >= 15 is 0 Å². The molecule has 2 heterocycles. The van der Waals surface area contributed by atoms with Crippen LogP contribution in [0.1, 0.15) is 11.5 Å². The van der Waals surface area contributed by atoms with Crippen molar-refractivity contribution < 1.29 is 12.9 Å². The number of aryl methyl sites for hydroxylation is 2. The molecule has 1 fully saturated rings. The van der Waals surface area contributed by atoms with E-state index in [2.05, 4.69) is 10.1 Å². The summed E-state index contributed by atoms with van der Waals surface area (Å²) >= 11 is 12.2. The first-order chi connectivity index (χ1) is 11.3. The molecule has 0 N–H and O–H groups in total. The van der Waals surface area contributed by atoms with E-state index in [0.717, 1.165) is 5.69 Å². The Morgan fingerprint density at radius 3 is 2.33 bits per heavy atom. The summed E-state index contributed by atoms with van der Waals surface area (Å²) in [5.41, 5.74) is 1.24. The monoisotopic (exact) mass is 389 g/mol. The number of anilines is 1. The number of benzene rings is 1. The van der Waals surface area contributed by atoms with Crippen molar-refractivity contribution in [1.82, 2.24) is 9.46 Å². The zero-order valence-corrected chi connectivity index (χ0v) is 15.6. The lowest BCUT2D eigenvalue weighted by atomic mass is 10.2. The minimum absolute atomic E-state index is 0.167. The lowest BCUT2D eigenvalue weighted by molar-refractivity contribution is 0.378. The maximum atomic E-state index is 12.8. The van der Waals surface area contributed by atoms with Crippen molar-refractivity contribution in [1.29, 1.82) is 0 Å². The third kappa shape index (κ3) is 3.13. The molecule has 1 aliphatic rings. The average molecular weight is 390 g/mol. The minimum Gasteiger partial charge on any atom is -0.368 e. The van der Waals surface area contributed by atoms with Crippen molar-refractivity contribution in [2.24, 2.45) is 0 Å². The summed E-state index contributed by atoms with van der Waals surface area (Å²) in [5, 5.41) is 4.87. The van der Waals surface area contributed by atoms with E-state index in [-0.39, 0.29) is 4.90 Å². The molecule has 6 nitrogen and oxygen atoms in total. The number of nitrogens with zero attached hydrogens (tertiary/aromatic N) is 3. The number of hydrogen-bond acceptors (Lipinski definition) is 5. The predicted molar refractivity (Wildman–Crippen MR) is 93.4 cm³/mol. The zero-order valence-electron chi connectivity index (χ0n) is 13.3. The van der Waals surface area contributed by atoms with Crippen molar-refractivity contribution in [3.05, 3.63) is 39.7 Å². The van der Waals surface area contributed by atoms with Crippen LogP contribution in [-0.2, 0) is 10.0 Å². The van der Waals surface area contributed by atoms with Gasteiger partial charge in [-0.15, -0.1) is 0 Å². The fourth-order valence-corrected chi connectivity index (χ4v) is 5.12. The van der Waals surface area contributed by atoms with E-state index in [4.69, 9.17) is 27.7 Å². The van der Waals surface area contributed by atoms with Crippen LogP contribution in [0.4, 0.5) is 5.69 Å². The molecule has 1 saturated heterocycles. The standard InChI is InChI=1S/C15H17Cl2N3O3S/c1-10-15(11(2)23-18-10)24(21,22)20-7-5-19(6-8-20)14-4-3-12(16)9-13(14)17/h3-4,9H,5-8H2,1-2H3. The molecule has 1 aromatic carbocycles. The van der Waals surface area contributed by atoms with Gasteiger partial charge in [0.25, 0.3) is 0 Å². The van der Waals surface area contributed by atoms with E-state index in [0.29, 0.717) is 47.7 Å². The molecule has 2 aromatic rings. The Kier molecular flexibility index (Phi) is 4.79. The Balaban J connectivity index is 1.78. The maximum Gasteiger partial charge on any atom is 0.248 e. The first-order valence-corrected chi connectivity index (χ1v) is 9.63. The van der Waals surface area contributed by atoms with Gasteiger partial charge in [-0.1, -0.05) is 28.4 Å². The third-order valence-electron chi connectivity index (χ3n) is 4.05. The van der Waals surface area contributed by atoms with Crippen molar-refractivity contribution in [2.45, 2.75) is 18.7 Å². The summed E-state index contributed by atoms with van der Waals surface area (Å²) in [5.74, 6) is 0.315. The van der Waals surface area contributed by atoms with Gasteiger partial charge in [-0.05, 0) is 32.0 Å². The highest BCUT2D eigenvalue weighted by molar-refractivity contribution is 7.89. The number of piperazine rings is 1. The highest BCUT2D eigenvalue weighted by Gasteiger charge is 2.33. The van der Waals surface area contributed by atoms with Crippen LogP contribution in [0, 0.1) is 13.8 Å². The number of rotatable bonds is 3. The van der Waals surface area contributed by atoms with E-state index in [1.165, 1.54) is 4.31 Å². The molecule has 0 spiro atoms. The largest absolute Gasteiger partial charge is 0.368 e. The molecular formula is C15H17Cl2N3O3S. The lowest BCUT2D eigenvalue weighted by Crippen LogP contribution is -2.48. The van der Waals surface area contributed by atoms with Gasteiger partial charge >= 0.3 is 0 Å². The Morgan fingerprint density at radius 2 is 1.79 bits per heavy atom. The van der Waals surface area contributed by atoms with Gasteiger partial charge in [0, 0.05) is 31.2 Å². The van der Waals surface area contributed by atoms with Gasteiger partial charge in [0.2, 0.25) is 10.0 Å². The summed E-state index contributed by atoms with van der Waals surface area (Å²) in [6.45, 7) is 5.06. The molecule has 24 heavy (non-hydrogen) atoms. The molecule has 1 aromatic heterocycles. The van der Waals surface area contributed by atoms with Crippen LogP contribution in [0.15, 0.2) is 27.6 Å². The van der Waals surface area contributed by atoms with E-state index in [9.17, 15) is 8.42 Å². The molecule has 0 unspecified atom stereocenters. The molecule has 0 atom stereocenters. The first kappa shape index (κ1) is 17.5. The summed E-state index contributed by atoms with van der Waals surface area (Å²) < 4.78 is 32.1. The first-order valence-electron chi connectivity index (χ1n) is 7.43. The van der Waals surface area contributed by atoms with Crippen LogP contribution in [-0.4, -0.2) is 44.1 Å². The molecule has 0 radical (unpaired) electrons. The van der Waals surface area contributed by atoms with Crippen LogP contribution in [0.2, 0.25) is 10.0 Å². The van der Waals surface area contributed by atoms with Crippen LogP contribution in [0.5, 0.6) is 0 Å².